The molecule has 0 N–H and O–H groups in total. The summed E-state index contributed by atoms with van der Waals surface area (Å²) in [6.07, 6.45) is 4.02. The molecule has 0 aliphatic carbocycles. The number of para-hydroxylation sites is 1. The van der Waals surface area contributed by atoms with E-state index in [0.29, 0.717) is 10.6 Å². The maximum atomic E-state index is 9.50. The Kier molecular flexibility index (Phi) is 4.00. The molecule has 0 fully saturated rings. The molecule has 0 unspecified atom stereocenters. The molecule has 0 saturated carbocycles. The molecule has 0 aliphatic rings. The number of rotatable bonds is 3. The minimum Gasteiger partial charge on any atom is -0.347 e. The molecule has 0 spiro atoms. The van der Waals surface area contributed by atoms with Gasteiger partial charge >= 0.3 is 0 Å². The van der Waals surface area contributed by atoms with Crippen molar-refractivity contribution in [1.29, 1.82) is 5.26 Å². The molecule has 0 amide bonds. The first-order valence-corrected chi connectivity index (χ1v) is 7.56. The van der Waals surface area contributed by atoms with Gasteiger partial charge in [0.2, 0.25) is 0 Å². The van der Waals surface area contributed by atoms with E-state index in [1.54, 1.807) is 0 Å². The van der Waals surface area contributed by atoms with Crippen molar-refractivity contribution < 1.29 is 0 Å². The number of halogens is 1. The van der Waals surface area contributed by atoms with Crippen LogP contribution in [0.25, 0.3) is 22.6 Å². The minimum atomic E-state index is 0.613. The van der Waals surface area contributed by atoms with Crippen LogP contribution in [-0.2, 0) is 6.54 Å². The third-order valence-corrected chi connectivity index (χ3v) is 3.95. The molecule has 1 aromatic heterocycles. The smallest absolute Gasteiger partial charge is 0.0998 e. The highest BCUT2D eigenvalue weighted by Gasteiger charge is 2.08. The zero-order chi connectivity index (χ0) is 15.5. The fraction of sp³-hybridized carbons (Fsp3) is 0.105. The van der Waals surface area contributed by atoms with Gasteiger partial charge < -0.3 is 4.57 Å². The van der Waals surface area contributed by atoms with Crippen LogP contribution < -0.4 is 0 Å². The topological polar surface area (TPSA) is 28.7 Å². The van der Waals surface area contributed by atoms with Gasteiger partial charge in [0, 0.05) is 34.2 Å². The summed E-state index contributed by atoms with van der Waals surface area (Å²) in [5.41, 5.74) is 3.68. The molecule has 0 atom stereocenters. The number of fused-ring (bicyclic) bond motifs is 1. The van der Waals surface area contributed by atoms with Gasteiger partial charge in [0.1, 0.15) is 0 Å². The summed E-state index contributed by atoms with van der Waals surface area (Å²) in [5, 5.41) is 11.3. The molecule has 0 saturated heterocycles. The molecule has 3 aromatic rings. The number of hydrogen-bond donors (Lipinski definition) is 0. The van der Waals surface area contributed by atoms with Crippen molar-refractivity contribution in [3.8, 4) is 6.07 Å². The van der Waals surface area contributed by atoms with Crippen LogP contribution >= 0.6 is 11.6 Å². The van der Waals surface area contributed by atoms with E-state index < -0.39 is 0 Å². The van der Waals surface area contributed by atoms with Crippen molar-refractivity contribution in [2.45, 2.75) is 13.5 Å². The van der Waals surface area contributed by atoms with Crippen LogP contribution in [0.2, 0.25) is 5.02 Å². The van der Waals surface area contributed by atoms with Crippen molar-refractivity contribution in [1.82, 2.24) is 4.57 Å². The molecule has 0 radical (unpaired) electrons. The maximum Gasteiger partial charge on any atom is 0.0998 e. The van der Waals surface area contributed by atoms with E-state index >= 15 is 0 Å². The fourth-order valence-electron chi connectivity index (χ4n) is 2.64. The summed E-state index contributed by atoms with van der Waals surface area (Å²) < 4.78 is 2.19. The highest BCUT2D eigenvalue weighted by molar-refractivity contribution is 6.30. The molecule has 3 heteroatoms. The first-order valence-electron chi connectivity index (χ1n) is 7.18. The van der Waals surface area contributed by atoms with E-state index in [1.807, 2.05) is 42.5 Å². The van der Waals surface area contributed by atoms with E-state index in [2.05, 4.69) is 35.9 Å². The van der Waals surface area contributed by atoms with Crippen molar-refractivity contribution in [2.75, 3.05) is 0 Å². The molecule has 3 rings (SSSR count). The second-order valence-corrected chi connectivity index (χ2v) is 5.50. The lowest BCUT2D eigenvalue weighted by molar-refractivity contribution is 0.797. The summed E-state index contributed by atoms with van der Waals surface area (Å²) >= 11 is 6.03. The number of nitriles is 1. The maximum absolute atomic E-state index is 9.50. The first kappa shape index (κ1) is 14.4. The van der Waals surface area contributed by atoms with Gasteiger partial charge in [-0.05, 0) is 36.8 Å². The summed E-state index contributed by atoms with van der Waals surface area (Å²) in [4.78, 5) is 0. The molecule has 2 nitrogen and oxygen atoms in total. The quantitative estimate of drug-likeness (QED) is 0.597. The number of aromatic nitrogens is 1. The van der Waals surface area contributed by atoms with Crippen LogP contribution in [0, 0.1) is 11.3 Å². The molecule has 0 bridgehead atoms. The van der Waals surface area contributed by atoms with E-state index in [9.17, 15) is 5.26 Å². The van der Waals surface area contributed by atoms with Gasteiger partial charge in [0.25, 0.3) is 0 Å². The molecule has 0 aliphatic heterocycles. The normalized spacial score (nSPS) is 11.6. The third-order valence-electron chi connectivity index (χ3n) is 3.72. The van der Waals surface area contributed by atoms with Gasteiger partial charge in [-0.3, -0.25) is 0 Å². The van der Waals surface area contributed by atoms with Crippen LogP contribution in [0.5, 0.6) is 0 Å². The molecule has 22 heavy (non-hydrogen) atoms. The highest BCUT2D eigenvalue weighted by Crippen LogP contribution is 2.26. The Morgan fingerprint density at radius 1 is 1.23 bits per heavy atom. The third kappa shape index (κ3) is 2.64. The average Bonchev–Trinajstić information content (AvgIpc) is 2.90. The Balaban J connectivity index is 2.16. The minimum absolute atomic E-state index is 0.613. The molecule has 2 aromatic carbocycles. The van der Waals surface area contributed by atoms with Crippen molar-refractivity contribution in [2.24, 2.45) is 0 Å². The fourth-order valence-corrected chi connectivity index (χ4v) is 2.83. The van der Waals surface area contributed by atoms with Gasteiger partial charge in [-0.2, -0.15) is 5.26 Å². The number of aryl methyl sites for hydroxylation is 1. The largest absolute Gasteiger partial charge is 0.347 e. The summed E-state index contributed by atoms with van der Waals surface area (Å²) in [6, 6.07) is 17.9. The SMILES string of the molecule is CCn1cc(/C=C(\C#N)c2cccc(Cl)c2)c2ccccc21. The Morgan fingerprint density at radius 3 is 2.77 bits per heavy atom. The predicted molar refractivity (Wildman–Crippen MR) is 92.5 cm³/mol. The van der Waals surface area contributed by atoms with Gasteiger partial charge in [0.05, 0.1) is 11.6 Å². The van der Waals surface area contributed by atoms with Gasteiger partial charge in [-0.25, -0.2) is 0 Å². The Morgan fingerprint density at radius 2 is 2.05 bits per heavy atom. The van der Waals surface area contributed by atoms with E-state index in [-0.39, 0.29) is 0 Å². The number of benzene rings is 2. The molecular formula is C19H15ClN2. The Labute approximate surface area is 134 Å². The van der Waals surface area contributed by atoms with Gasteiger partial charge in [-0.1, -0.05) is 41.9 Å². The second kappa shape index (κ2) is 6.09. The number of hydrogen-bond acceptors (Lipinski definition) is 1. The highest BCUT2D eigenvalue weighted by atomic mass is 35.5. The van der Waals surface area contributed by atoms with Gasteiger partial charge in [-0.15, -0.1) is 0 Å². The Bertz CT molecular complexity index is 897. The zero-order valence-corrected chi connectivity index (χ0v) is 13.0. The summed E-state index contributed by atoms with van der Waals surface area (Å²) in [6.45, 7) is 3.01. The summed E-state index contributed by atoms with van der Waals surface area (Å²) in [5.74, 6) is 0. The van der Waals surface area contributed by atoms with Crippen molar-refractivity contribution in [3.63, 3.8) is 0 Å². The van der Waals surface area contributed by atoms with Crippen LogP contribution in [-0.4, -0.2) is 4.57 Å². The number of allylic oxidation sites excluding steroid dienone is 1. The monoisotopic (exact) mass is 306 g/mol. The zero-order valence-electron chi connectivity index (χ0n) is 12.3. The second-order valence-electron chi connectivity index (χ2n) is 5.07. The van der Waals surface area contributed by atoms with Gasteiger partial charge in [0.15, 0.2) is 0 Å². The molecule has 1 heterocycles. The first-order chi connectivity index (χ1) is 10.7. The number of nitrogens with zero attached hydrogens (tertiary/aromatic N) is 2. The summed E-state index contributed by atoms with van der Waals surface area (Å²) in [7, 11) is 0. The molecular weight excluding hydrogens is 292 g/mol. The predicted octanol–water partition coefficient (Wildman–Crippen LogP) is 5.38. The van der Waals surface area contributed by atoms with Crippen LogP contribution in [0.15, 0.2) is 54.7 Å². The lowest BCUT2D eigenvalue weighted by Gasteiger charge is -2.00. The van der Waals surface area contributed by atoms with Crippen LogP contribution in [0.1, 0.15) is 18.1 Å². The Hall–Kier alpha value is -2.50. The van der Waals surface area contributed by atoms with Crippen molar-refractivity contribution >= 4 is 34.2 Å². The van der Waals surface area contributed by atoms with Crippen molar-refractivity contribution in [3.05, 3.63) is 70.9 Å². The lowest BCUT2D eigenvalue weighted by atomic mass is 10.0. The average molecular weight is 307 g/mol. The lowest BCUT2D eigenvalue weighted by Crippen LogP contribution is -1.89. The molecule has 108 valence electrons. The standard InChI is InChI=1S/C19H15ClN2/c1-2-22-13-16(18-8-3-4-9-19(18)22)10-15(12-21)14-6-5-7-17(20)11-14/h3-11,13H,2H2,1H3/b15-10+. The van der Waals surface area contributed by atoms with E-state index in [4.69, 9.17) is 11.6 Å². The van der Waals surface area contributed by atoms with E-state index in [1.165, 1.54) is 5.52 Å². The van der Waals surface area contributed by atoms with Crippen LogP contribution in [0.4, 0.5) is 0 Å². The van der Waals surface area contributed by atoms with E-state index in [0.717, 1.165) is 23.1 Å². The van der Waals surface area contributed by atoms with Crippen LogP contribution in [0.3, 0.4) is 0 Å².